The van der Waals surface area contributed by atoms with Crippen molar-refractivity contribution in [2.75, 3.05) is 18.0 Å². The third-order valence-electron chi connectivity index (χ3n) is 7.92. The van der Waals surface area contributed by atoms with Crippen molar-refractivity contribution in [1.29, 1.82) is 0 Å². The average Bonchev–Trinajstić information content (AvgIpc) is 2.97. The van der Waals surface area contributed by atoms with Crippen LogP contribution in [0.3, 0.4) is 0 Å². The van der Waals surface area contributed by atoms with Crippen LogP contribution in [0.2, 0.25) is 0 Å². The molecule has 2 N–H and O–H groups in total. The second-order valence-electron chi connectivity index (χ2n) is 10.2. The quantitative estimate of drug-likeness (QED) is 0.259. The SMILES string of the molecule is Cc1c(Br)ccc(-n2c(O)c(C=NN3C(=O)c4cccc5c(N6CCCCC6)ccc(c45)C3=O)c(=O)[nH]c2=O)c1C. The lowest BCUT2D eigenvalue weighted by Gasteiger charge is -2.31. The van der Waals surface area contributed by atoms with E-state index in [1.165, 1.54) is 6.42 Å². The van der Waals surface area contributed by atoms with E-state index in [1.54, 1.807) is 37.3 Å². The number of amides is 2. The number of nitrogens with one attached hydrogen (secondary N) is 1. The van der Waals surface area contributed by atoms with Crippen molar-refractivity contribution in [3.63, 3.8) is 0 Å². The zero-order valence-electron chi connectivity index (χ0n) is 22.4. The van der Waals surface area contributed by atoms with Crippen LogP contribution >= 0.6 is 15.9 Å². The maximum absolute atomic E-state index is 13.5. The van der Waals surface area contributed by atoms with Gasteiger partial charge in [-0.15, -0.1) is 0 Å². The predicted octanol–water partition coefficient (Wildman–Crippen LogP) is 4.38. The van der Waals surface area contributed by atoms with Crippen molar-refractivity contribution in [3.05, 3.63) is 95.6 Å². The van der Waals surface area contributed by atoms with E-state index >= 15 is 0 Å². The fourth-order valence-electron chi connectivity index (χ4n) is 5.59. The fraction of sp³-hybridized carbons (Fsp3) is 0.233. The molecule has 0 atom stereocenters. The van der Waals surface area contributed by atoms with Crippen LogP contribution in [-0.4, -0.2) is 50.8 Å². The van der Waals surface area contributed by atoms with E-state index in [0.29, 0.717) is 32.8 Å². The van der Waals surface area contributed by atoms with Crippen molar-refractivity contribution < 1.29 is 14.7 Å². The molecule has 0 saturated carbocycles. The zero-order chi connectivity index (χ0) is 29.0. The minimum Gasteiger partial charge on any atom is -0.493 e. The Morgan fingerprint density at radius 3 is 2.29 bits per heavy atom. The number of hydrogen-bond donors (Lipinski definition) is 2. The van der Waals surface area contributed by atoms with Gasteiger partial charge in [-0.05, 0) is 74.6 Å². The lowest BCUT2D eigenvalue weighted by atomic mass is 9.93. The van der Waals surface area contributed by atoms with Gasteiger partial charge in [0.25, 0.3) is 17.4 Å². The van der Waals surface area contributed by atoms with E-state index in [1.807, 2.05) is 19.1 Å². The van der Waals surface area contributed by atoms with Gasteiger partial charge in [0.15, 0.2) is 0 Å². The number of aromatic nitrogens is 2. The summed E-state index contributed by atoms with van der Waals surface area (Å²) in [5.74, 6) is -1.97. The van der Waals surface area contributed by atoms with Crippen LogP contribution in [0, 0.1) is 13.8 Å². The number of rotatable bonds is 4. The van der Waals surface area contributed by atoms with Crippen molar-refractivity contribution in [2.45, 2.75) is 33.1 Å². The Morgan fingerprint density at radius 1 is 0.878 bits per heavy atom. The molecule has 4 aromatic rings. The molecule has 1 saturated heterocycles. The summed E-state index contributed by atoms with van der Waals surface area (Å²) < 4.78 is 1.77. The van der Waals surface area contributed by atoms with Crippen molar-refractivity contribution in [1.82, 2.24) is 14.6 Å². The number of carbonyl (C=O) groups is 2. The maximum atomic E-state index is 13.5. The van der Waals surface area contributed by atoms with E-state index in [4.69, 9.17) is 0 Å². The molecule has 0 bridgehead atoms. The van der Waals surface area contributed by atoms with Crippen LogP contribution in [0.4, 0.5) is 5.69 Å². The van der Waals surface area contributed by atoms with Crippen LogP contribution in [0.25, 0.3) is 16.5 Å². The molecule has 10 nitrogen and oxygen atoms in total. The number of H-pyrrole nitrogens is 1. The first-order chi connectivity index (χ1) is 19.7. The van der Waals surface area contributed by atoms with Gasteiger partial charge in [0, 0.05) is 34.0 Å². The van der Waals surface area contributed by atoms with Crippen LogP contribution in [0.5, 0.6) is 5.88 Å². The highest BCUT2D eigenvalue weighted by atomic mass is 79.9. The number of halogens is 1. The lowest BCUT2D eigenvalue weighted by molar-refractivity contribution is 0.0616. The monoisotopic (exact) mass is 615 g/mol. The number of aromatic amines is 1. The first-order valence-electron chi connectivity index (χ1n) is 13.3. The topological polar surface area (TPSA) is 128 Å². The lowest BCUT2D eigenvalue weighted by Crippen LogP contribution is -2.37. The summed E-state index contributed by atoms with van der Waals surface area (Å²) in [4.78, 5) is 56.9. The van der Waals surface area contributed by atoms with Gasteiger partial charge in [-0.25, -0.2) is 9.36 Å². The van der Waals surface area contributed by atoms with Gasteiger partial charge in [0.05, 0.1) is 23.0 Å². The first-order valence-corrected chi connectivity index (χ1v) is 14.1. The third kappa shape index (κ3) is 4.28. The smallest absolute Gasteiger partial charge is 0.335 e. The molecule has 6 rings (SSSR count). The zero-order valence-corrected chi connectivity index (χ0v) is 24.0. The predicted molar refractivity (Wildman–Crippen MR) is 160 cm³/mol. The summed E-state index contributed by atoms with van der Waals surface area (Å²) in [6, 6.07) is 12.3. The molecule has 2 aliphatic heterocycles. The molecule has 41 heavy (non-hydrogen) atoms. The Bertz CT molecular complexity index is 1900. The van der Waals surface area contributed by atoms with E-state index in [0.717, 1.165) is 57.8 Å². The molecule has 0 spiro atoms. The Hall–Kier alpha value is -4.51. The van der Waals surface area contributed by atoms with E-state index < -0.39 is 28.9 Å². The van der Waals surface area contributed by atoms with Crippen molar-refractivity contribution in [3.8, 4) is 11.6 Å². The van der Waals surface area contributed by atoms with E-state index in [-0.39, 0.29) is 5.56 Å². The molecule has 1 aromatic heterocycles. The molecule has 2 aliphatic rings. The molecular weight excluding hydrogens is 590 g/mol. The van der Waals surface area contributed by atoms with Gasteiger partial charge in [-0.1, -0.05) is 28.1 Å². The summed E-state index contributed by atoms with van der Waals surface area (Å²) >= 11 is 3.44. The Balaban J connectivity index is 1.42. The number of hydrazone groups is 1. The maximum Gasteiger partial charge on any atom is 0.335 e. The summed E-state index contributed by atoms with van der Waals surface area (Å²) in [6.45, 7) is 5.45. The highest BCUT2D eigenvalue weighted by Crippen LogP contribution is 2.37. The van der Waals surface area contributed by atoms with Gasteiger partial charge in [-0.3, -0.25) is 19.4 Å². The minimum atomic E-state index is -0.912. The molecule has 0 radical (unpaired) electrons. The molecule has 11 heteroatoms. The molecule has 0 aliphatic carbocycles. The number of piperidine rings is 1. The average molecular weight is 616 g/mol. The Labute approximate surface area is 242 Å². The van der Waals surface area contributed by atoms with Gasteiger partial charge in [-0.2, -0.15) is 10.1 Å². The number of carbonyl (C=O) groups excluding carboxylic acids is 2. The number of anilines is 1. The molecule has 1 fully saturated rings. The van der Waals surface area contributed by atoms with Crippen LogP contribution in [0.1, 0.15) is 56.7 Å². The van der Waals surface area contributed by atoms with Gasteiger partial charge in [0.1, 0.15) is 5.56 Å². The molecule has 3 aromatic carbocycles. The van der Waals surface area contributed by atoms with Gasteiger partial charge >= 0.3 is 5.69 Å². The minimum absolute atomic E-state index is 0.317. The highest BCUT2D eigenvalue weighted by molar-refractivity contribution is 9.10. The number of aromatic hydroxyl groups is 1. The van der Waals surface area contributed by atoms with Crippen molar-refractivity contribution >= 4 is 50.4 Å². The molecule has 3 heterocycles. The molecular formula is C30H26BrN5O5. The molecule has 0 unspecified atom stereocenters. The molecule has 208 valence electrons. The van der Waals surface area contributed by atoms with Crippen LogP contribution in [-0.2, 0) is 0 Å². The fourth-order valence-corrected chi connectivity index (χ4v) is 6.02. The summed E-state index contributed by atoms with van der Waals surface area (Å²) in [6.07, 6.45) is 4.28. The normalized spacial score (nSPS) is 15.4. The highest BCUT2D eigenvalue weighted by Gasteiger charge is 2.34. The second kappa shape index (κ2) is 10.2. The standard InChI is InChI=1S/C30H26BrN5O5/c1-16-17(2)23(12-10-22(16)31)35-27(38)21(26(37)33-30(35)41)15-32-36-28(39)19-8-6-7-18-24(34-13-4-3-5-14-34)11-9-20(25(18)19)29(36)40/h6-12,15,38H,3-5,13-14H2,1-2H3,(H,33,37,41). The van der Waals surface area contributed by atoms with Gasteiger partial charge in [0.2, 0.25) is 5.88 Å². The second-order valence-corrected chi connectivity index (χ2v) is 11.1. The number of benzene rings is 3. The number of nitrogens with zero attached hydrogens (tertiary/aromatic N) is 4. The third-order valence-corrected chi connectivity index (χ3v) is 8.78. The summed E-state index contributed by atoms with van der Waals surface area (Å²) in [5, 5.41) is 17.2. The Morgan fingerprint density at radius 2 is 1.56 bits per heavy atom. The van der Waals surface area contributed by atoms with Gasteiger partial charge < -0.3 is 10.0 Å². The van der Waals surface area contributed by atoms with Crippen LogP contribution in [0.15, 0.2) is 61.6 Å². The number of imide groups is 1. The van der Waals surface area contributed by atoms with E-state index in [2.05, 4.69) is 30.9 Å². The van der Waals surface area contributed by atoms with Crippen molar-refractivity contribution in [2.24, 2.45) is 5.10 Å². The number of hydrogen-bond acceptors (Lipinski definition) is 7. The van der Waals surface area contributed by atoms with E-state index in [9.17, 15) is 24.3 Å². The first kappa shape index (κ1) is 26.7. The summed E-state index contributed by atoms with van der Waals surface area (Å²) in [5.41, 5.74) is 1.38. The molecule has 2 amide bonds. The Kier molecular flexibility index (Phi) is 6.61. The summed E-state index contributed by atoms with van der Waals surface area (Å²) in [7, 11) is 0. The largest absolute Gasteiger partial charge is 0.493 e. The van der Waals surface area contributed by atoms with Crippen LogP contribution < -0.4 is 16.1 Å².